The third-order valence-corrected chi connectivity index (χ3v) is 5.96. The minimum atomic E-state index is -0.935. The zero-order chi connectivity index (χ0) is 17.7. The molecule has 0 amide bonds. The third-order valence-electron chi connectivity index (χ3n) is 4.53. The molecule has 128 valence electrons. The number of aliphatic hydroxyl groups excluding tert-OH is 1. The van der Waals surface area contributed by atoms with Gasteiger partial charge in [0.05, 0.1) is 23.4 Å². The van der Waals surface area contributed by atoms with E-state index in [1.54, 1.807) is 25.3 Å². The summed E-state index contributed by atoms with van der Waals surface area (Å²) in [5.41, 5.74) is 2.51. The molecule has 25 heavy (non-hydrogen) atoms. The van der Waals surface area contributed by atoms with Crippen molar-refractivity contribution in [3.63, 3.8) is 0 Å². The average Bonchev–Trinajstić information content (AvgIpc) is 3.09. The number of Topliss-reactive ketones (excluding diaryl/α,β-unsaturated/α-hetero) is 1. The number of thioether (sulfide) groups is 1. The molecule has 6 heteroatoms. The van der Waals surface area contributed by atoms with Crippen LogP contribution in [-0.4, -0.2) is 24.5 Å². The molecule has 1 unspecified atom stereocenters. The van der Waals surface area contributed by atoms with Crippen LogP contribution in [0.1, 0.15) is 28.9 Å². The van der Waals surface area contributed by atoms with Crippen LogP contribution in [0.15, 0.2) is 51.9 Å². The Morgan fingerprint density at radius 3 is 2.80 bits per heavy atom. The minimum absolute atomic E-state index is 0.152. The van der Waals surface area contributed by atoms with Gasteiger partial charge < -0.3 is 14.7 Å². The summed E-state index contributed by atoms with van der Waals surface area (Å²) < 4.78 is 5.21. The molecular formula is C19H16ClNO3S. The maximum Gasteiger partial charge on any atom is 0.195 e. The smallest absolute Gasteiger partial charge is 0.195 e. The molecule has 2 aliphatic rings. The van der Waals surface area contributed by atoms with Gasteiger partial charge in [-0.05, 0) is 42.8 Å². The molecule has 1 atom stereocenters. The Morgan fingerprint density at radius 2 is 2.08 bits per heavy atom. The molecule has 1 aliphatic heterocycles. The van der Waals surface area contributed by atoms with Crippen molar-refractivity contribution in [1.82, 2.24) is 0 Å². The molecule has 0 fully saturated rings. The fourth-order valence-electron chi connectivity index (χ4n) is 3.31. The zero-order valence-corrected chi connectivity index (χ0v) is 15.3. The van der Waals surface area contributed by atoms with E-state index in [9.17, 15) is 9.90 Å². The first-order valence-corrected chi connectivity index (χ1v) is 9.14. The fourth-order valence-corrected chi connectivity index (χ4v) is 4.74. The normalized spacial score (nSPS) is 21.5. The quantitative estimate of drug-likeness (QED) is 0.789. The van der Waals surface area contributed by atoms with E-state index >= 15 is 0 Å². The summed E-state index contributed by atoms with van der Waals surface area (Å²) in [6, 6.07) is 10.9. The van der Waals surface area contributed by atoms with Crippen LogP contribution in [0, 0.1) is 0 Å². The predicted molar refractivity (Wildman–Crippen MR) is 99.6 cm³/mol. The maximum absolute atomic E-state index is 13.0. The lowest BCUT2D eigenvalue weighted by Crippen LogP contribution is -2.20. The van der Waals surface area contributed by atoms with Crippen molar-refractivity contribution in [3.8, 4) is 5.75 Å². The van der Waals surface area contributed by atoms with Gasteiger partial charge in [0.15, 0.2) is 5.78 Å². The SMILES string of the molecule is CCN1C(=C2C(=O)c3cc(OC)ccc3C2O)Sc2ccc(Cl)cc21. The first-order chi connectivity index (χ1) is 12.0. The maximum atomic E-state index is 13.0. The van der Waals surface area contributed by atoms with Crippen molar-refractivity contribution in [3.05, 3.63) is 63.1 Å². The Bertz CT molecular complexity index is 925. The first-order valence-electron chi connectivity index (χ1n) is 7.95. The number of carbonyl (C=O) groups is 1. The molecule has 2 aromatic rings. The molecule has 1 heterocycles. The van der Waals surface area contributed by atoms with E-state index in [0.717, 1.165) is 15.6 Å². The summed E-state index contributed by atoms with van der Waals surface area (Å²) in [5, 5.41) is 12.2. The molecule has 0 spiro atoms. The predicted octanol–water partition coefficient (Wildman–Crippen LogP) is 4.42. The van der Waals surface area contributed by atoms with Gasteiger partial charge in [-0.1, -0.05) is 29.4 Å². The zero-order valence-electron chi connectivity index (χ0n) is 13.7. The number of aliphatic hydroxyl groups is 1. The molecule has 1 aliphatic carbocycles. The Hall–Kier alpha value is -1.95. The summed E-state index contributed by atoms with van der Waals surface area (Å²) in [4.78, 5) is 16.1. The summed E-state index contributed by atoms with van der Waals surface area (Å²) in [7, 11) is 1.56. The van der Waals surface area contributed by atoms with Crippen LogP contribution in [0.25, 0.3) is 0 Å². The van der Waals surface area contributed by atoms with Crippen LogP contribution in [0.5, 0.6) is 5.75 Å². The van der Waals surface area contributed by atoms with E-state index in [1.165, 1.54) is 11.8 Å². The number of methoxy groups -OCH3 is 1. The van der Waals surface area contributed by atoms with Crippen molar-refractivity contribution in [2.75, 3.05) is 18.6 Å². The number of ether oxygens (including phenoxy) is 1. The van der Waals surface area contributed by atoms with Crippen LogP contribution >= 0.6 is 23.4 Å². The van der Waals surface area contributed by atoms with Crippen LogP contribution in [-0.2, 0) is 0 Å². The average molecular weight is 374 g/mol. The van der Waals surface area contributed by atoms with Crippen molar-refractivity contribution in [2.45, 2.75) is 17.9 Å². The fraction of sp³-hybridized carbons (Fsp3) is 0.211. The molecule has 0 bridgehead atoms. The van der Waals surface area contributed by atoms with Crippen molar-refractivity contribution in [2.24, 2.45) is 0 Å². The summed E-state index contributed by atoms with van der Waals surface area (Å²) >= 11 is 7.63. The monoisotopic (exact) mass is 373 g/mol. The van der Waals surface area contributed by atoms with Crippen molar-refractivity contribution >= 4 is 34.8 Å². The Balaban J connectivity index is 1.85. The van der Waals surface area contributed by atoms with Crippen molar-refractivity contribution in [1.29, 1.82) is 0 Å². The number of benzene rings is 2. The first kappa shape index (κ1) is 16.5. The van der Waals surface area contributed by atoms with E-state index in [0.29, 0.717) is 34.0 Å². The highest BCUT2D eigenvalue weighted by atomic mass is 35.5. The van der Waals surface area contributed by atoms with Gasteiger partial charge in [0.25, 0.3) is 0 Å². The number of nitrogens with zero attached hydrogens (tertiary/aromatic N) is 1. The van der Waals surface area contributed by atoms with Crippen LogP contribution in [0.2, 0.25) is 5.02 Å². The Labute approximate surface area is 155 Å². The summed E-state index contributed by atoms with van der Waals surface area (Å²) in [5.74, 6) is 0.452. The van der Waals surface area contributed by atoms with E-state index in [2.05, 4.69) is 0 Å². The lowest BCUT2D eigenvalue weighted by atomic mass is 10.1. The van der Waals surface area contributed by atoms with Crippen LogP contribution in [0.4, 0.5) is 5.69 Å². The third kappa shape index (κ3) is 2.46. The number of rotatable bonds is 2. The van der Waals surface area contributed by atoms with Crippen molar-refractivity contribution < 1.29 is 14.6 Å². The van der Waals surface area contributed by atoms with Gasteiger partial charge in [0.1, 0.15) is 11.9 Å². The highest BCUT2D eigenvalue weighted by molar-refractivity contribution is 8.03. The minimum Gasteiger partial charge on any atom is -0.497 e. The van der Waals surface area contributed by atoms with Gasteiger partial charge in [0.2, 0.25) is 0 Å². The number of carbonyl (C=O) groups excluding carboxylic acids is 1. The molecule has 0 saturated carbocycles. The van der Waals surface area contributed by atoms with Gasteiger partial charge in [-0.2, -0.15) is 0 Å². The van der Waals surface area contributed by atoms with Gasteiger partial charge in [-0.3, -0.25) is 4.79 Å². The highest BCUT2D eigenvalue weighted by Gasteiger charge is 2.40. The summed E-state index contributed by atoms with van der Waals surface area (Å²) in [6.07, 6.45) is -0.935. The molecule has 0 radical (unpaired) electrons. The van der Waals surface area contributed by atoms with Crippen LogP contribution < -0.4 is 9.64 Å². The van der Waals surface area contributed by atoms with E-state index in [1.807, 2.05) is 30.0 Å². The summed E-state index contributed by atoms with van der Waals surface area (Å²) in [6.45, 7) is 2.69. The molecule has 4 nitrogen and oxygen atoms in total. The second kappa shape index (κ2) is 6.09. The molecule has 2 aromatic carbocycles. The van der Waals surface area contributed by atoms with Gasteiger partial charge in [0, 0.05) is 22.0 Å². The van der Waals surface area contributed by atoms with Gasteiger partial charge in [-0.25, -0.2) is 0 Å². The van der Waals surface area contributed by atoms with E-state index in [-0.39, 0.29) is 5.78 Å². The molecule has 0 aromatic heterocycles. The number of halogens is 1. The molecule has 4 rings (SSSR count). The number of hydrogen-bond donors (Lipinski definition) is 1. The number of ketones is 1. The largest absolute Gasteiger partial charge is 0.497 e. The van der Waals surface area contributed by atoms with Gasteiger partial charge in [-0.15, -0.1) is 0 Å². The second-order valence-electron chi connectivity index (χ2n) is 5.86. The van der Waals surface area contributed by atoms with E-state index in [4.69, 9.17) is 16.3 Å². The van der Waals surface area contributed by atoms with Crippen LogP contribution in [0.3, 0.4) is 0 Å². The Morgan fingerprint density at radius 1 is 1.28 bits per heavy atom. The molecular weight excluding hydrogens is 358 g/mol. The number of hydrogen-bond acceptors (Lipinski definition) is 5. The topological polar surface area (TPSA) is 49.8 Å². The lowest BCUT2D eigenvalue weighted by Gasteiger charge is -2.21. The standard InChI is InChI=1S/C19H16ClNO3S/c1-3-21-14-8-10(20)4-7-15(14)25-19(21)16-17(22)12-6-5-11(24-2)9-13(12)18(16)23/h4-9,17,22H,3H2,1-2H3. The second-order valence-corrected chi connectivity index (χ2v) is 7.33. The van der Waals surface area contributed by atoms with E-state index < -0.39 is 6.10 Å². The molecule has 0 saturated heterocycles. The lowest BCUT2D eigenvalue weighted by molar-refractivity contribution is 0.101. The number of fused-ring (bicyclic) bond motifs is 2. The Kier molecular flexibility index (Phi) is 4.02. The molecule has 1 N–H and O–H groups in total. The van der Waals surface area contributed by atoms with Gasteiger partial charge >= 0.3 is 0 Å². The highest BCUT2D eigenvalue weighted by Crippen LogP contribution is 2.51. The number of anilines is 1.